The highest BCUT2D eigenvalue weighted by atomic mass is 79.9. The first-order valence-corrected chi connectivity index (χ1v) is 8.17. The summed E-state index contributed by atoms with van der Waals surface area (Å²) in [6.07, 6.45) is 3.53. The molecule has 4 rings (SSSR count). The quantitative estimate of drug-likeness (QED) is 0.456. The largest absolute Gasteiger partial charge is 0.235 e. The van der Waals surface area contributed by atoms with Crippen molar-refractivity contribution in [3.05, 3.63) is 83.6 Å². The van der Waals surface area contributed by atoms with Gasteiger partial charge >= 0.3 is 0 Å². The first-order chi connectivity index (χ1) is 11.3. The van der Waals surface area contributed by atoms with Crippen LogP contribution in [-0.2, 0) is 0 Å². The standard InChI is InChI=1S/C20H13BrN2/c21-17-12-22-20(23-13-17)16-10-8-15(9-11-16)19-7-3-5-14-4-1-2-6-18(14)19/h1-13H. The molecule has 110 valence electrons. The summed E-state index contributed by atoms with van der Waals surface area (Å²) in [5.74, 6) is 0.734. The van der Waals surface area contributed by atoms with Gasteiger partial charge in [-0.1, -0.05) is 66.7 Å². The smallest absolute Gasteiger partial charge is 0.159 e. The molecule has 0 saturated heterocycles. The third-order valence-electron chi connectivity index (χ3n) is 3.86. The van der Waals surface area contributed by atoms with E-state index >= 15 is 0 Å². The van der Waals surface area contributed by atoms with Crippen molar-refractivity contribution in [1.82, 2.24) is 9.97 Å². The molecule has 1 aromatic heterocycles. The van der Waals surface area contributed by atoms with Gasteiger partial charge < -0.3 is 0 Å². The molecular weight excluding hydrogens is 348 g/mol. The Bertz CT molecular complexity index is 955. The predicted molar refractivity (Wildman–Crippen MR) is 98.1 cm³/mol. The van der Waals surface area contributed by atoms with Crippen LogP contribution >= 0.6 is 15.9 Å². The second kappa shape index (κ2) is 5.94. The molecule has 0 bridgehead atoms. The highest BCUT2D eigenvalue weighted by Crippen LogP contribution is 2.29. The molecule has 1 heterocycles. The molecule has 0 spiro atoms. The molecule has 4 aromatic rings. The minimum atomic E-state index is 0.734. The van der Waals surface area contributed by atoms with Gasteiger partial charge in [0.2, 0.25) is 0 Å². The van der Waals surface area contributed by atoms with E-state index in [0.29, 0.717) is 0 Å². The van der Waals surface area contributed by atoms with Gasteiger partial charge in [0.15, 0.2) is 5.82 Å². The topological polar surface area (TPSA) is 25.8 Å². The van der Waals surface area contributed by atoms with Crippen LogP contribution in [-0.4, -0.2) is 9.97 Å². The van der Waals surface area contributed by atoms with E-state index in [1.54, 1.807) is 12.4 Å². The van der Waals surface area contributed by atoms with Crippen molar-refractivity contribution in [3.63, 3.8) is 0 Å². The zero-order valence-corrected chi connectivity index (χ0v) is 13.9. The molecule has 0 aliphatic rings. The molecule has 23 heavy (non-hydrogen) atoms. The second-order valence-corrected chi connectivity index (χ2v) is 6.24. The zero-order chi connectivity index (χ0) is 15.6. The van der Waals surface area contributed by atoms with Crippen molar-refractivity contribution in [3.8, 4) is 22.5 Å². The average Bonchev–Trinajstić information content (AvgIpc) is 2.62. The molecule has 0 unspecified atom stereocenters. The molecule has 0 saturated carbocycles. The van der Waals surface area contributed by atoms with Gasteiger partial charge in [-0.25, -0.2) is 9.97 Å². The van der Waals surface area contributed by atoms with Crippen LogP contribution in [0.5, 0.6) is 0 Å². The van der Waals surface area contributed by atoms with Crippen LogP contribution in [0.1, 0.15) is 0 Å². The highest BCUT2D eigenvalue weighted by Gasteiger charge is 2.05. The SMILES string of the molecule is Brc1cnc(-c2ccc(-c3cccc4ccccc34)cc2)nc1. The van der Waals surface area contributed by atoms with Gasteiger partial charge in [0.1, 0.15) is 0 Å². The lowest BCUT2D eigenvalue weighted by molar-refractivity contribution is 1.16. The highest BCUT2D eigenvalue weighted by molar-refractivity contribution is 9.10. The van der Waals surface area contributed by atoms with E-state index in [0.717, 1.165) is 15.9 Å². The summed E-state index contributed by atoms with van der Waals surface area (Å²) < 4.78 is 0.883. The summed E-state index contributed by atoms with van der Waals surface area (Å²) in [5.41, 5.74) is 3.45. The number of nitrogens with zero attached hydrogens (tertiary/aromatic N) is 2. The van der Waals surface area contributed by atoms with Crippen LogP contribution in [0, 0.1) is 0 Å². The van der Waals surface area contributed by atoms with Crippen molar-refractivity contribution in [2.45, 2.75) is 0 Å². The fourth-order valence-electron chi connectivity index (χ4n) is 2.74. The van der Waals surface area contributed by atoms with E-state index in [4.69, 9.17) is 0 Å². The molecular formula is C20H13BrN2. The van der Waals surface area contributed by atoms with Crippen LogP contribution in [0.3, 0.4) is 0 Å². The summed E-state index contributed by atoms with van der Waals surface area (Å²) in [4.78, 5) is 8.69. The minimum absolute atomic E-state index is 0.734. The molecule has 3 aromatic carbocycles. The first-order valence-electron chi connectivity index (χ1n) is 7.37. The summed E-state index contributed by atoms with van der Waals surface area (Å²) in [6, 6.07) is 23.3. The third kappa shape index (κ3) is 2.76. The van der Waals surface area contributed by atoms with Crippen molar-refractivity contribution < 1.29 is 0 Å². The predicted octanol–water partition coefficient (Wildman–Crippen LogP) is 5.73. The third-order valence-corrected chi connectivity index (χ3v) is 4.27. The molecule has 2 nitrogen and oxygen atoms in total. The number of benzene rings is 3. The van der Waals surface area contributed by atoms with E-state index < -0.39 is 0 Å². The van der Waals surface area contributed by atoms with E-state index in [-0.39, 0.29) is 0 Å². The number of hydrogen-bond donors (Lipinski definition) is 0. The molecule has 3 heteroatoms. The summed E-state index contributed by atoms with van der Waals surface area (Å²) in [5, 5.41) is 2.52. The van der Waals surface area contributed by atoms with E-state index in [1.807, 2.05) is 0 Å². The van der Waals surface area contributed by atoms with Gasteiger partial charge in [-0.3, -0.25) is 0 Å². The number of hydrogen-bond acceptors (Lipinski definition) is 2. The lowest BCUT2D eigenvalue weighted by atomic mass is 9.97. The molecule has 0 fully saturated rings. The summed E-state index contributed by atoms with van der Waals surface area (Å²) in [7, 11) is 0. The molecule has 0 atom stereocenters. The maximum atomic E-state index is 4.34. The second-order valence-electron chi connectivity index (χ2n) is 5.33. The summed E-state index contributed by atoms with van der Waals surface area (Å²) >= 11 is 3.36. The van der Waals surface area contributed by atoms with Gasteiger partial charge in [0.05, 0.1) is 4.47 Å². The zero-order valence-electron chi connectivity index (χ0n) is 12.3. The molecule has 0 aliphatic carbocycles. The lowest BCUT2D eigenvalue weighted by Crippen LogP contribution is -1.88. The van der Waals surface area contributed by atoms with E-state index in [1.165, 1.54) is 21.9 Å². The van der Waals surface area contributed by atoms with Gasteiger partial charge in [-0.15, -0.1) is 0 Å². The maximum Gasteiger partial charge on any atom is 0.159 e. The fraction of sp³-hybridized carbons (Fsp3) is 0. The maximum absolute atomic E-state index is 4.34. The number of aromatic nitrogens is 2. The molecule has 0 amide bonds. The van der Waals surface area contributed by atoms with Crippen molar-refractivity contribution >= 4 is 26.7 Å². The Morgan fingerprint density at radius 3 is 2.09 bits per heavy atom. The number of halogens is 1. The Morgan fingerprint density at radius 1 is 0.652 bits per heavy atom. The average molecular weight is 361 g/mol. The van der Waals surface area contributed by atoms with Gasteiger partial charge in [0, 0.05) is 18.0 Å². The van der Waals surface area contributed by atoms with Crippen LogP contribution < -0.4 is 0 Å². The van der Waals surface area contributed by atoms with Crippen molar-refractivity contribution in [1.29, 1.82) is 0 Å². The Balaban J connectivity index is 1.77. The normalized spacial score (nSPS) is 10.8. The Kier molecular flexibility index (Phi) is 3.64. The fourth-order valence-corrected chi connectivity index (χ4v) is 2.94. The molecule has 0 N–H and O–H groups in total. The molecule has 0 aliphatic heterocycles. The van der Waals surface area contributed by atoms with Gasteiger partial charge in [-0.05, 0) is 37.8 Å². The Morgan fingerprint density at radius 2 is 1.30 bits per heavy atom. The van der Waals surface area contributed by atoms with E-state index in [9.17, 15) is 0 Å². The Labute approximate surface area is 143 Å². The molecule has 0 radical (unpaired) electrons. The van der Waals surface area contributed by atoms with Crippen LogP contribution in [0.15, 0.2) is 83.6 Å². The number of fused-ring (bicyclic) bond motifs is 1. The van der Waals surface area contributed by atoms with Gasteiger partial charge in [-0.2, -0.15) is 0 Å². The monoisotopic (exact) mass is 360 g/mol. The van der Waals surface area contributed by atoms with Crippen LogP contribution in [0.25, 0.3) is 33.3 Å². The van der Waals surface area contributed by atoms with Gasteiger partial charge in [0.25, 0.3) is 0 Å². The van der Waals surface area contributed by atoms with Crippen molar-refractivity contribution in [2.24, 2.45) is 0 Å². The van der Waals surface area contributed by atoms with Crippen LogP contribution in [0.4, 0.5) is 0 Å². The summed E-state index contributed by atoms with van der Waals surface area (Å²) in [6.45, 7) is 0. The van der Waals surface area contributed by atoms with Crippen LogP contribution in [0.2, 0.25) is 0 Å². The van der Waals surface area contributed by atoms with Crippen molar-refractivity contribution in [2.75, 3.05) is 0 Å². The first kappa shape index (κ1) is 14.1. The number of rotatable bonds is 2. The lowest BCUT2D eigenvalue weighted by Gasteiger charge is -2.08. The van der Waals surface area contributed by atoms with E-state index in [2.05, 4.69) is 92.6 Å². The minimum Gasteiger partial charge on any atom is -0.235 e. The Hall–Kier alpha value is -2.52.